The van der Waals surface area contributed by atoms with Crippen LogP contribution in [0.2, 0.25) is 0 Å². The molecule has 0 aromatic carbocycles. The topological polar surface area (TPSA) is 87.0 Å². The molecule has 0 amide bonds. The van der Waals surface area contributed by atoms with Gasteiger partial charge in [-0.3, -0.25) is 4.79 Å². The molecule has 0 aromatic heterocycles. The number of aliphatic hydroxyl groups excluding tert-OH is 3. The van der Waals surface area contributed by atoms with Gasteiger partial charge in [-0.25, -0.2) is 0 Å². The van der Waals surface area contributed by atoms with E-state index in [0.717, 1.165) is 49.7 Å². The van der Waals surface area contributed by atoms with Crippen LogP contribution in [0.25, 0.3) is 0 Å². The second-order valence-electron chi connectivity index (χ2n) is 12.5. The van der Waals surface area contributed by atoms with E-state index in [1.807, 2.05) is 6.08 Å². The van der Waals surface area contributed by atoms with Gasteiger partial charge >= 0.3 is 5.97 Å². The fourth-order valence-electron chi connectivity index (χ4n) is 7.42. The molecule has 0 heterocycles. The molecule has 0 saturated heterocycles. The first-order valence-corrected chi connectivity index (χ1v) is 14.6. The highest BCUT2D eigenvalue weighted by molar-refractivity contribution is 5.81. The van der Waals surface area contributed by atoms with Crippen molar-refractivity contribution in [1.82, 2.24) is 0 Å². The molecule has 7 atom stereocenters. The van der Waals surface area contributed by atoms with E-state index < -0.39 is 23.7 Å². The number of carbonyl (C=O) groups excluding carboxylic acids is 1. The lowest BCUT2D eigenvalue weighted by Crippen LogP contribution is -2.36. The molecular formula is C32H48O5. The highest BCUT2D eigenvalue weighted by atomic mass is 16.5. The first-order chi connectivity index (χ1) is 17.6. The molecule has 0 bridgehead atoms. The number of esters is 1. The standard InChI is InChI=1S/C32H48O5/c1-5-6-18-37-30(36)32(16-17-32)29(35)14-9-21(2)26-12-13-27-23(8-7-15-31(26,27)4)10-11-24-19-25(33)20-28(34)22(24)3/h9-11,14,21,25-29,33-35H,3,5-8,12-13,15-20H2,1-2,4H3/b14-9+,23-10+,24-11+/t21-,25?,26-,27+,28?,29-,31-/m1/s1. The predicted molar refractivity (Wildman–Crippen MR) is 147 cm³/mol. The van der Waals surface area contributed by atoms with Crippen LogP contribution in [0.15, 0.2) is 47.6 Å². The Labute approximate surface area is 223 Å². The van der Waals surface area contributed by atoms with Gasteiger partial charge in [-0.05, 0) is 92.1 Å². The highest BCUT2D eigenvalue weighted by Crippen LogP contribution is 2.59. The van der Waals surface area contributed by atoms with Gasteiger partial charge in [0.25, 0.3) is 0 Å². The summed E-state index contributed by atoms with van der Waals surface area (Å²) < 4.78 is 5.44. The minimum absolute atomic E-state index is 0.205. The monoisotopic (exact) mass is 512 g/mol. The lowest BCUT2D eigenvalue weighted by atomic mass is 9.61. The molecule has 4 rings (SSSR count). The van der Waals surface area contributed by atoms with Crippen LogP contribution in [0.1, 0.15) is 91.4 Å². The fourth-order valence-corrected chi connectivity index (χ4v) is 7.42. The molecule has 0 aliphatic heterocycles. The van der Waals surface area contributed by atoms with Gasteiger partial charge in [0.15, 0.2) is 0 Å². The number of rotatable bonds is 9. The quantitative estimate of drug-likeness (QED) is 0.206. The lowest BCUT2D eigenvalue weighted by Gasteiger charge is -2.44. The van der Waals surface area contributed by atoms with Crippen molar-refractivity contribution in [2.24, 2.45) is 28.6 Å². The van der Waals surface area contributed by atoms with Crippen LogP contribution in [0.5, 0.6) is 0 Å². The highest BCUT2D eigenvalue weighted by Gasteiger charge is 2.56. The van der Waals surface area contributed by atoms with Gasteiger partial charge in [0.2, 0.25) is 0 Å². The van der Waals surface area contributed by atoms with E-state index in [-0.39, 0.29) is 11.4 Å². The largest absolute Gasteiger partial charge is 0.465 e. The van der Waals surface area contributed by atoms with Gasteiger partial charge in [-0.1, -0.05) is 63.6 Å². The summed E-state index contributed by atoms with van der Waals surface area (Å²) in [5, 5.41) is 31.2. The average Bonchev–Trinajstić information content (AvgIpc) is 3.60. The summed E-state index contributed by atoms with van der Waals surface area (Å²) in [5.41, 5.74) is 2.66. The number of hydrogen-bond acceptors (Lipinski definition) is 5. The number of ether oxygens (including phenoxy) is 1. The fraction of sp³-hybridized carbons (Fsp3) is 0.719. The van der Waals surface area contributed by atoms with Crippen molar-refractivity contribution in [1.29, 1.82) is 0 Å². The molecule has 0 spiro atoms. The van der Waals surface area contributed by atoms with Crippen LogP contribution in [0.3, 0.4) is 0 Å². The van der Waals surface area contributed by atoms with Crippen molar-refractivity contribution in [3.8, 4) is 0 Å². The Hall–Kier alpha value is -1.69. The van der Waals surface area contributed by atoms with Crippen LogP contribution in [-0.2, 0) is 9.53 Å². The predicted octanol–water partition coefficient (Wildman–Crippen LogP) is 5.80. The van der Waals surface area contributed by atoms with Crippen LogP contribution in [-0.4, -0.2) is 46.2 Å². The molecule has 2 unspecified atom stereocenters. The van der Waals surface area contributed by atoms with Gasteiger partial charge in [-0.2, -0.15) is 0 Å². The Morgan fingerprint density at radius 1 is 1.19 bits per heavy atom. The van der Waals surface area contributed by atoms with Crippen molar-refractivity contribution in [2.75, 3.05) is 6.61 Å². The maximum Gasteiger partial charge on any atom is 0.315 e. The summed E-state index contributed by atoms with van der Waals surface area (Å²) in [6.45, 7) is 11.3. The minimum atomic E-state index is -0.781. The normalized spacial score (nSPS) is 37.1. The summed E-state index contributed by atoms with van der Waals surface area (Å²) in [6.07, 6.45) is 16.4. The maximum atomic E-state index is 12.6. The van der Waals surface area contributed by atoms with Crippen LogP contribution in [0, 0.1) is 28.6 Å². The van der Waals surface area contributed by atoms with E-state index in [4.69, 9.17) is 4.74 Å². The third-order valence-electron chi connectivity index (χ3n) is 10.0. The number of hydrogen-bond donors (Lipinski definition) is 3. The molecular weight excluding hydrogens is 464 g/mol. The Balaban J connectivity index is 1.42. The molecule has 3 N–H and O–H groups in total. The summed E-state index contributed by atoms with van der Waals surface area (Å²) in [6, 6.07) is 0. The maximum absolute atomic E-state index is 12.6. The third kappa shape index (κ3) is 5.84. The third-order valence-corrected chi connectivity index (χ3v) is 10.0. The lowest BCUT2D eigenvalue weighted by molar-refractivity contribution is -0.153. The van der Waals surface area contributed by atoms with Crippen LogP contribution in [0.4, 0.5) is 0 Å². The number of fused-ring (bicyclic) bond motifs is 1. The number of allylic oxidation sites excluding steroid dienone is 4. The molecule has 37 heavy (non-hydrogen) atoms. The summed E-state index contributed by atoms with van der Waals surface area (Å²) in [7, 11) is 0. The van der Waals surface area contributed by atoms with Crippen molar-refractivity contribution in [2.45, 2.75) is 110 Å². The zero-order valence-electron chi connectivity index (χ0n) is 23.1. The SMILES string of the molecule is C=C1/C(=C/C=C2\CCC[C@]3(C)[C@@H]([C@H](C)/C=C/[C@@H](O)C4(C(=O)OCCCC)CC4)CC[C@@H]23)CC(O)CC1O. The number of carbonyl (C=O) groups is 1. The zero-order valence-corrected chi connectivity index (χ0v) is 23.1. The van der Waals surface area contributed by atoms with Gasteiger partial charge in [0, 0.05) is 6.42 Å². The number of aliphatic hydroxyl groups is 3. The van der Waals surface area contributed by atoms with Crippen molar-refractivity contribution in [3.63, 3.8) is 0 Å². The van der Waals surface area contributed by atoms with Crippen LogP contribution >= 0.6 is 0 Å². The summed E-state index contributed by atoms with van der Waals surface area (Å²) in [4.78, 5) is 12.6. The molecule has 206 valence electrons. The molecule has 4 saturated carbocycles. The molecule has 4 fully saturated rings. The number of unbranched alkanes of at least 4 members (excludes halogenated alkanes) is 1. The zero-order chi connectivity index (χ0) is 26.8. The molecule has 4 aliphatic carbocycles. The Morgan fingerprint density at radius 2 is 1.95 bits per heavy atom. The smallest absolute Gasteiger partial charge is 0.315 e. The van der Waals surface area contributed by atoms with Crippen molar-refractivity contribution < 1.29 is 24.9 Å². The first-order valence-electron chi connectivity index (χ1n) is 14.6. The van der Waals surface area contributed by atoms with Gasteiger partial charge in [0.05, 0.1) is 30.3 Å². The van der Waals surface area contributed by atoms with E-state index >= 15 is 0 Å². The summed E-state index contributed by atoms with van der Waals surface area (Å²) in [5.74, 6) is 1.13. The van der Waals surface area contributed by atoms with Gasteiger partial charge in [0.1, 0.15) is 0 Å². The molecule has 0 radical (unpaired) electrons. The first kappa shape index (κ1) is 28.3. The molecule has 0 aromatic rings. The second kappa shape index (κ2) is 11.6. The van der Waals surface area contributed by atoms with E-state index in [2.05, 4.69) is 45.6 Å². The molecule has 5 heteroatoms. The molecule has 5 nitrogen and oxygen atoms in total. The Bertz CT molecular complexity index is 941. The Morgan fingerprint density at radius 3 is 2.65 bits per heavy atom. The Kier molecular flexibility index (Phi) is 8.87. The van der Waals surface area contributed by atoms with E-state index in [9.17, 15) is 20.1 Å². The van der Waals surface area contributed by atoms with Gasteiger partial charge in [-0.15, -0.1) is 0 Å². The van der Waals surface area contributed by atoms with E-state index in [1.54, 1.807) is 0 Å². The van der Waals surface area contributed by atoms with Crippen LogP contribution < -0.4 is 0 Å². The van der Waals surface area contributed by atoms with E-state index in [0.29, 0.717) is 50.0 Å². The van der Waals surface area contributed by atoms with Gasteiger partial charge < -0.3 is 20.1 Å². The van der Waals surface area contributed by atoms with Crippen molar-refractivity contribution >= 4 is 5.97 Å². The minimum Gasteiger partial charge on any atom is -0.465 e. The van der Waals surface area contributed by atoms with E-state index in [1.165, 1.54) is 12.0 Å². The average molecular weight is 513 g/mol. The molecule has 4 aliphatic rings. The second-order valence-corrected chi connectivity index (χ2v) is 12.5. The van der Waals surface area contributed by atoms with Crippen molar-refractivity contribution in [3.05, 3.63) is 47.6 Å². The summed E-state index contributed by atoms with van der Waals surface area (Å²) >= 11 is 0.